The lowest BCUT2D eigenvalue weighted by atomic mass is 10.4. The molecule has 0 saturated heterocycles. The van der Waals surface area contributed by atoms with Crippen molar-refractivity contribution in [1.82, 2.24) is 0 Å². The Morgan fingerprint density at radius 2 is 1.92 bits per heavy atom. The van der Waals surface area contributed by atoms with Crippen molar-refractivity contribution in [2.75, 3.05) is 13.3 Å². The van der Waals surface area contributed by atoms with E-state index in [1.165, 1.54) is 0 Å². The lowest BCUT2D eigenvalue weighted by molar-refractivity contribution is 0.345. The van der Waals surface area contributed by atoms with Crippen LogP contribution in [0, 0.1) is 0 Å². The average molecular weight is 263 g/mol. The number of hydrogen-bond donors (Lipinski definition) is 0. The average Bonchev–Trinajstić information content (AvgIpc) is 2.05. The minimum atomic E-state index is -2.59. The normalized spacial score (nSPS) is 15.3. The van der Waals surface area contributed by atoms with Crippen LogP contribution in [0.1, 0.15) is 6.92 Å². The van der Waals surface area contributed by atoms with Gasteiger partial charge in [0.15, 0.2) is 0 Å². The van der Waals surface area contributed by atoms with Crippen molar-refractivity contribution in [2.45, 2.75) is 6.92 Å². The van der Waals surface area contributed by atoms with Gasteiger partial charge in [-0.25, -0.2) is 0 Å². The number of halogens is 1. The van der Waals surface area contributed by atoms with Crippen LogP contribution in [0.15, 0.2) is 28.7 Å². The molecule has 0 aliphatic heterocycles. The van der Waals surface area contributed by atoms with E-state index in [4.69, 9.17) is 4.52 Å². The Bertz CT molecular complexity index is 321. The molecule has 0 aliphatic carbocycles. The van der Waals surface area contributed by atoms with Crippen LogP contribution in [0.4, 0.5) is 0 Å². The van der Waals surface area contributed by atoms with Crippen LogP contribution in [0.5, 0.6) is 0 Å². The minimum absolute atomic E-state index is 0.476. The molecule has 0 aliphatic rings. The molecule has 1 atom stereocenters. The molecule has 0 N–H and O–H groups in total. The molecule has 0 amide bonds. The van der Waals surface area contributed by atoms with Crippen molar-refractivity contribution in [3.8, 4) is 0 Å². The zero-order valence-electron chi connectivity index (χ0n) is 7.66. The van der Waals surface area contributed by atoms with Crippen LogP contribution in [0.2, 0.25) is 0 Å². The van der Waals surface area contributed by atoms with Gasteiger partial charge in [0.25, 0.3) is 0 Å². The third kappa shape index (κ3) is 2.94. The van der Waals surface area contributed by atoms with Crippen LogP contribution in [-0.4, -0.2) is 13.3 Å². The summed E-state index contributed by atoms with van der Waals surface area (Å²) in [6, 6.07) is 7.37. The molecule has 1 rings (SSSR count). The molecule has 13 heavy (non-hydrogen) atoms. The van der Waals surface area contributed by atoms with Gasteiger partial charge in [0.1, 0.15) is 0 Å². The Kier molecular flexibility index (Phi) is 3.72. The molecule has 0 fully saturated rings. The molecule has 0 aromatic heterocycles. The highest BCUT2D eigenvalue weighted by Gasteiger charge is 2.17. The number of benzene rings is 1. The van der Waals surface area contributed by atoms with Crippen molar-refractivity contribution in [2.24, 2.45) is 0 Å². The molecular formula is C9H12BrO2P. The highest BCUT2D eigenvalue weighted by Crippen LogP contribution is 2.40. The fourth-order valence-corrected chi connectivity index (χ4v) is 2.63. The van der Waals surface area contributed by atoms with Gasteiger partial charge in [0.05, 0.1) is 6.61 Å². The lowest BCUT2D eigenvalue weighted by Crippen LogP contribution is -2.05. The first-order valence-electron chi connectivity index (χ1n) is 4.04. The van der Waals surface area contributed by atoms with Gasteiger partial charge in [0.2, 0.25) is 7.37 Å². The smallest absolute Gasteiger partial charge is 0.229 e. The molecule has 2 nitrogen and oxygen atoms in total. The molecule has 0 heterocycles. The highest BCUT2D eigenvalue weighted by atomic mass is 79.9. The summed E-state index contributed by atoms with van der Waals surface area (Å²) in [4.78, 5) is 0. The summed E-state index contributed by atoms with van der Waals surface area (Å²) in [5.74, 6) is 0. The molecule has 0 saturated carbocycles. The van der Waals surface area contributed by atoms with Crippen LogP contribution >= 0.6 is 23.3 Å². The second kappa shape index (κ2) is 4.41. The van der Waals surface area contributed by atoms with Crippen molar-refractivity contribution in [3.63, 3.8) is 0 Å². The van der Waals surface area contributed by atoms with Gasteiger partial charge in [-0.3, -0.25) is 4.57 Å². The van der Waals surface area contributed by atoms with E-state index in [0.717, 1.165) is 9.78 Å². The Balaban J connectivity index is 2.94. The topological polar surface area (TPSA) is 26.3 Å². The van der Waals surface area contributed by atoms with Gasteiger partial charge < -0.3 is 4.52 Å². The maximum atomic E-state index is 11.9. The summed E-state index contributed by atoms with van der Waals surface area (Å²) in [6.45, 7) is 3.96. The Morgan fingerprint density at radius 1 is 1.38 bits per heavy atom. The van der Waals surface area contributed by atoms with Gasteiger partial charge in [-0.05, 0) is 31.2 Å². The first-order chi connectivity index (χ1) is 6.06. The van der Waals surface area contributed by atoms with Crippen molar-refractivity contribution in [3.05, 3.63) is 28.7 Å². The summed E-state index contributed by atoms with van der Waals surface area (Å²) >= 11 is 3.32. The summed E-state index contributed by atoms with van der Waals surface area (Å²) in [5, 5.41) is 0.762. The first kappa shape index (κ1) is 11.0. The van der Waals surface area contributed by atoms with Crippen LogP contribution < -0.4 is 5.30 Å². The monoisotopic (exact) mass is 262 g/mol. The minimum Gasteiger partial charge on any atom is -0.326 e. The van der Waals surface area contributed by atoms with E-state index >= 15 is 0 Å². The maximum absolute atomic E-state index is 11.9. The zero-order chi connectivity index (χ0) is 9.90. The summed E-state index contributed by atoms with van der Waals surface area (Å²) in [6.07, 6.45) is 0. The molecule has 4 heteroatoms. The third-order valence-corrected chi connectivity index (χ3v) is 4.19. The van der Waals surface area contributed by atoms with Gasteiger partial charge in [-0.1, -0.05) is 15.9 Å². The molecule has 1 aromatic carbocycles. The van der Waals surface area contributed by atoms with E-state index in [9.17, 15) is 4.57 Å². The summed E-state index contributed by atoms with van der Waals surface area (Å²) in [7, 11) is -2.59. The van der Waals surface area contributed by atoms with Gasteiger partial charge in [-0.15, -0.1) is 0 Å². The third-order valence-electron chi connectivity index (χ3n) is 1.67. The van der Waals surface area contributed by atoms with Gasteiger partial charge in [0, 0.05) is 16.4 Å². The van der Waals surface area contributed by atoms with E-state index in [1.54, 1.807) is 6.66 Å². The Hall–Kier alpha value is -0.110. The second-order valence-corrected chi connectivity index (χ2v) is 6.12. The summed E-state index contributed by atoms with van der Waals surface area (Å²) in [5.41, 5.74) is 0. The van der Waals surface area contributed by atoms with Crippen LogP contribution in [0.3, 0.4) is 0 Å². The standard InChI is InChI=1S/C9H12BrO2P/c1-3-12-13(2,11)9-6-4-8(10)5-7-9/h4-7H,3H2,1-2H3. The SMILES string of the molecule is CCOP(C)(=O)c1ccc(Br)cc1. The van der Waals surface area contributed by atoms with Gasteiger partial charge >= 0.3 is 0 Å². The zero-order valence-corrected chi connectivity index (χ0v) is 10.1. The number of rotatable bonds is 3. The van der Waals surface area contributed by atoms with E-state index in [1.807, 2.05) is 31.2 Å². The number of hydrogen-bond acceptors (Lipinski definition) is 2. The molecule has 1 aromatic rings. The fraction of sp³-hybridized carbons (Fsp3) is 0.333. The fourth-order valence-electron chi connectivity index (χ4n) is 1.03. The Labute approximate surface area is 86.9 Å². The molecule has 0 radical (unpaired) electrons. The van der Waals surface area contributed by atoms with Gasteiger partial charge in [-0.2, -0.15) is 0 Å². The van der Waals surface area contributed by atoms with Crippen LogP contribution in [-0.2, 0) is 9.09 Å². The second-order valence-electron chi connectivity index (χ2n) is 2.74. The van der Waals surface area contributed by atoms with E-state index in [-0.39, 0.29) is 0 Å². The molecular weight excluding hydrogens is 251 g/mol. The predicted molar refractivity (Wildman–Crippen MR) is 58.9 cm³/mol. The summed E-state index contributed by atoms with van der Waals surface area (Å²) < 4.78 is 18.1. The maximum Gasteiger partial charge on any atom is 0.229 e. The van der Waals surface area contributed by atoms with Crippen molar-refractivity contribution >= 4 is 28.6 Å². The lowest BCUT2D eigenvalue weighted by Gasteiger charge is -2.12. The largest absolute Gasteiger partial charge is 0.326 e. The van der Waals surface area contributed by atoms with Crippen molar-refractivity contribution in [1.29, 1.82) is 0 Å². The molecule has 0 bridgehead atoms. The van der Waals surface area contributed by atoms with E-state index < -0.39 is 7.37 Å². The van der Waals surface area contributed by atoms with Crippen molar-refractivity contribution < 1.29 is 9.09 Å². The molecule has 0 spiro atoms. The first-order valence-corrected chi connectivity index (χ1v) is 6.91. The Morgan fingerprint density at radius 3 is 2.38 bits per heavy atom. The molecule has 1 unspecified atom stereocenters. The van der Waals surface area contributed by atoms with Crippen LogP contribution in [0.25, 0.3) is 0 Å². The van der Waals surface area contributed by atoms with E-state index in [0.29, 0.717) is 6.61 Å². The van der Waals surface area contributed by atoms with E-state index in [2.05, 4.69) is 15.9 Å². The quantitative estimate of drug-likeness (QED) is 0.783. The molecule has 72 valence electrons. The predicted octanol–water partition coefficient (Wildman–Crippen LogP) is 3.02. The highest BCUT2D eigenvalue weighted by molar-refractivity contribution is 9.10.